The fraction of sp³-hybridized carbons (Fsp3) is 0.158. The van der Waals surface area contributed by atoms with Crippen molar-refractivity contribution in [3.63, 3.8) is 0 Å². The number of non-ortho nitro benzene ring substituents is 1. The summed E-state index contributed by atoms with van der Waals surface area (Å²) in [5.74, 6) is 0. The third kappa shape index (κ3) is 2.94. The summed E-state index contributed by atoms with van der Waals surface area (Å²) in [5, 5.41) is 25.1. The van der Waals surface area contributed by atoms with Crippen LogP contribution in [0.5, 0.6) is 0 Å². The van der Waals surface area contributed by atoms with Crippen molar-refractivity contribution in [1.29, 1.82) is 0 Å². The first-order valence-corrected chi connectivity index (χ1v) is 8.17. The van der Waals surface area contributed by atoms with Crippen LogP contribution in [0.3, 0.4) is 0 Å². The number of nitrogens with zero attached hydrogens (tertiary/aromatic N) is 3. The van der Waals surface area contributed by atoms with E-state index in [1.165, 1.54) is 23.4 Å². The fourth-order valence-electron chi connectivity index (χ4n) is 3.15. The van der Waals surface area contributed by atoms with Crippen LogP contribution in [-0.2, 0) is 6.42 Å². The highest BCUT2D eigenvalue weighted by Crippen LogP contribution is 2.38. The van der Waals surface area contributed by atoms with Crippen LogP contribution in [-0.4, -0.2) is 11.5 Å². The molecule has 1 heterocycles. The second-order valence-electron chi connectivity index (χ2n) is 5.98. The number of rotatable bonds is 3. The van der Waals surface area contributed by atoms with Gasteiger partial charge in [0.25, 0.3) is 5.69 Å². The summed E-state index contributed by atoms with van der Waals surface area (Å²) in [5.41, 5.74) is 3.89. The number of anilines is 1. The van der Waals surface area contributed by atoms with Crippen LogP contribution in [0.15, 0.2) is 64.8 Å². The molecule has 3 aromatic rings. The minimum atomic E-state index is -0.426. The number of nitro groups is 1. The number of hydrogen-bond acceptors (Lipinski definition) is 5. The molecular weight excluding hydrogens is 316 g/mol. The molecule has 6 nitrogen and oxygen atoms in total. The minimum Gasteiger partial charge on any atom is -0.384 e. The molecule has 0 fully saturated rings. The molecule has 1 aliphatic heterocycles. The molecule has 1 aliphatic rings. The lowest BCUT2D eigenvalue weighted by Gasteiger charge is -2.20. The van der Waals surface area contributed by atoms with E-state index >= 15 is 0 Å². The van der Waals surface area contributed by atoms with Crippen molar-refractivity contribution >= 4 is 33.5 Å². The Morgan fingerprint density at radius 3 is 2.52 bits per heavy atom. The van der Waals surface area contributed by atoms with Crippen molar-refractivity contribution in [1.82, 2.24) is 0 Å². The Labute approximate surface area is 144 Å². The van der Waals surface area contributed by atoms with Crippen LogP contribution in [0.25, 0.3) is 10.8 Å². The predicted octanol–water partition coefficient (Wildman–Crippen LogP) is 5.52. The molecule has 124 valence electrons. The summed E-state index contributed by atoms with van der Waals surface area (Å²) in [4.78, 5) is 10.3. The van der Waals surface area contributed by atoms with Crippen LogP contribution in [0.4, 0.5) is 22.7 Å². The monoisotopic (exact) mass is 332 g/mol. The number of fused-ring (bicyclic) bond motifs is 3. The van der Waals surface area contributed by atoms with Gasteiger partial charge in [0.2, 0.25) is 0 Å². The summed E-state index contributed by atoms with van der Waals surface area (Å²) in [7, 11) is 0. The molecular formula is C19H16N4O2. The topological polar surface area (TPSA) is 79.9 Å². The van der Waals surface area contributed by atoms with Crippen molar-refractivity contribution in [2.75, 3.05) is 11.9 Å². The summed E-state index contributed by atoms with van der Waals surface area (Å²) in [6.45, 7) is 0.987. The van der Waals surface area contributed by atoms with Gasteiger partial charge in [0.15, 0.2) is 0 Å². The molecule has 0 amide bonds. The Hall–Kier alpha value is -3.28. The van der Waals surface area contributed by atoms with E-state index in [0.29, 0.717) is 5.69 Å². The van der Waals surface area contributed by atoms with Crippen molar-refractivity contribution in [2.45, 2.75) is 12.8 Å². The van der Waals surface area contributed by atoms with Gasteiger partial charge in [-0.15, -0.1) is 5.11 Å². The number of nitrogens with one attached hydrogen (secondary N) is 1. The maximum Gasteiger partial charge on any atom is 0.269 e. The Morgan fingerprint density at radius 2 is 1.76 bits per heavy atom. The molecule has 6 heteroatoms. The van der Waals surface area contributed by atoms with E-state index in [4.69, 9.17) is 0 Å². The highest BCUT2D eigenvalue weighted by Gasteiger charge is 2.14. The van der Waals surface area contributed by atoms with Crippen LogP contribution in [0, 0.1) is 10.1 Å². The van der Waals surface area contributed by atoms with Gasteiger partial charge < -0.3 is 5.32 Å². The molecule has 0 spiro atoms. The highest BCUT2D eigenvalue weighted by atomic mass is 16.6. The molecule has 0 radical (unpaired) electrons. The van der Waals surface area contributed by atoms with Gasteiger partial charge in [0, 0.05) is 35.1 Å². The van der Waals surface area contributed by atoms with E-state index in [0.717, 1.165) is 35.8 Å². The second kappa shape index (κ2) is 6.32. The Balaban J connectivity index is 1.75. The van der Waals surface area contributed by atoms with Gasteiger partial charge in [-0.25, -0.2) is 0 Å². The van der Waals surface area contributed by atoms with Gasteiger partial charge in [-0.05, 0) is 36.6 Å². The maximum absolute atomic E-state index is 10.7. The molecule has 0 aliphatic carbocycles. The molecule has 0 aromatic heterocycles. The lowest BCUT2D eigenvalue weighted by atomic mass is 9.96. The minimum absolute atomic E-state index is 0.0456. The van der Waals surface area contributed by atoms with E-state index in [-0.39, 0.29) is 5.69 Å². The van der Waals surface area contributed by atoms with Crippen LogP contribution >= 0.6 is 0 Å². The standard InChI is InChI=1S/C19H16N4O2/c24-23(25)15-9-7-14(8-10-15)21-22-18-12-13-4-3-11-20-19(13)17-6-2-1-5-16(17)18/h1-2,5-10,12,20H,3-4,11H2. The first-order valence-electron chi connectivity index (χ1n) is 8.17. The maximum atomic E-state index is 10.7. The number of nitro benzene ring substituents is 1. The van der Waals surface area contributed by atoms with E-state index in [9.17, 15) is 10.1 Å². The first-order chi connectivity index (χ1) is 12.2. The summed E-state index contributed by atoms with van der Waals surface area (Å²) >= 11 is 0. The highest BCUT2D eigenvalue weighted by molar-refractivity contribution is 6.02. The molecule has 0 saturated carbocycles. The smallest absolute Gasteiger partial charge is 0.269 e. The van der Waals surface area contributed by atoms with E-state index in [1.807, 2.05) is 18.2 Å². The van der Waals surface area contributed by atoms with E-state index in [1.54, 1.807) is 12.1 Å². The molecule has 4 rings (SSSR count). The molecule has 0 bridgehead atoms. The van der Waals surface area contributed by atoms with Gasteiger partial charge in [-0.2, -0.15) is 5.11 Å². The van der Waals surface area contributed by atoms with Crippen molar-refractivity contribution in [3.05, 3.63) is 70.3 Å². The third-order valence-corrected chi connectivity index (χ3v) is 4.36. The zero-order valence-electron chi connectivity index (χ0n) is 13.5. The van der Waals surface area contributed by atoms with Crippen molar-refractivity contribution in [3.8, 4) is 0 Å². The van der Waals surface area contributed by atoms with Crippen molar-refractivity contribution in [2.24, 2.45) is 10.2 Å². The second-order valence-corrected chi connectivity index (χ2v) is 5.98. The third-order valence-electron chi connectivity index (χ3n) is 4.36. The van der Waals surface area contributed by atoms with Gasteiger partial charge in [-0.1, -0.05) is 24.3 Å². The van der Waals surface area contributed by atoms with Gasteiger partial charge >= 0.3 is 0 Å². The average molecular weight is 332 g/mol. The average Bonchev–Trinajstić information content (AvgIpc) is 2.66. The van der Waals surface area contributed by atoms with Gasteiger partial charge in [0.05, 0.1) is 16.3 Å². The number of azo groups is 1. The lowest BCUT2D eigenvalue weighted by Crippen LogP contribution is -2.11. The largest absolute Gasteiger partial charge is 0.384 e. The fourth-order valence-corrected chi connectivity index (χ4v) is 3.15. The van der Waals surface area contributed by atoms with Crippen LogP contribution in [0.1, 0.15) is 12.0 Å². The van der Waals surface area contributed by atoms with Crippen LogP contribution < -0.4 is 5.32 Å². The first kappa shape index (κ1) is 15.3. The Bertz CT molecular complexity index is 981. The van der Waals surface area contributed by atoms with E-state index < -0.39 is 4.92 Å². The lowest BCUT2D eigenvalue weighted by molar-refractivity contribution is -0.384. The van der Waals surface area contributed by atoms with Crippen LogP contribution in [0.2, 0.25) is 0 Å². The normalized spacial score (nSPS) is 13.6. The molecule has 3 aromatic carbocycles. The zero-order valence-corrected chi connectivity index (χ0v) is 13.5. The molecule has 0 atom stereocenters. The predicted molar refractivity (Wildman–Crippen MR) is 98.0 cm³/mol. The summed E-state index contributed by atoms with van der Waals surface area (Å²) in [6.07, 6.45) is 2.12. The number of aryl methyl sites for hydroxylation is 1. The molecule has 0 unspecified atom stereocenters. The number of benzene rings is 3. The Kier molecular flexibility index (Phi) is 3.85. The SMILES string of the molecule is O=[N+]([O-])c1ccc(N=Nc2cc3c(c4ccccc24)NCCC3)cc1. The molecule has 0 saturated heterocycles. The summed E-state index contributed by atoms with van der Waals surface area (Å²) in [6, 6.07) is 16.3. The molecule has 1 N–H and O–H groups in total. The molecule has 25 heavy (non-hydrogen) atoms. The zero-order chi connectivity index (χ0) is 17.2. The van der Waals surface area contributed by atoms with Crippen molar-refractivity contribution < 1.29 is 4.92 Å². The van der Waals surface area contributed by atoms with Gasteiger partial charge in [0.1, 0.15) is 0 Å². The van der Waals surface area contributed by atoms with Gasteiger partial charge in [-0.3, -0.25) is 10.1 Å². The summed E-state index contributed by atoms with van der Waals surface area (Å²) < 4.78 is 0. The quantitative estimate of drug-likeness (QED) is 0.389. The number of hydrogen-bond donors (Lipinski definition) is 1. The Morgan fingerprint density at radius 1 is 1.00 bits per heavy atom. The van der Waals surface area contributed by atoms with E-state index in [2.05, 4.69) is 27.7 Å².